The fraction of sp³-hybridized carbons (Fsp3) is 0.105. The molecular weight excluding hydrogens is 242 g/mol. The standard InChI is InChI=1S/C19H17N/c1-13(2)19-18(15-9-5-4-6-10-15)17-12-8-7-11-16(17)14(3)20-19/h4-12H,1H2,2-3H3. The second kappa shape index (κ2) is 4.93. The zero-order valence-electron chi connectivity index (χ0n) is 11.9. The fourth-order valence-corrected chi connectivity index (χ4v) is 2.63. The highest BCUT2D eigenvalue weighted by Gasteiger charge is 2.13. The van der Waals surface area contributed by atoms with Gasteiger partial charge in [-0.3, -0.25) is 4.98 Å². The normalized spacial score (nSPS) is 10.7. The number of hydrogen-bond donors (Lipinski definition) is 0. The van der Waals surface area contributed by atoms with Gasteiger partial charge < -0.3 is 0 Å². The van der Waals surface area contributed by atoms with Crippen molar-refractivity contribution in [2.45, 2.75) is 13.8 Å². The van der Waals surface area contributed by atoms with Gasteiger partial charge in [0.05, 0.1) is 5.69 Å². The fourth-order valence-electron chi connectivity index (χ4n) is 2.63. The monoisotopic (exact) mass is 259 g/mol. The Morgan fingerprint density at radius 2 is 1.50 bits per heavy atom. The molecule has 0 atom stereocenters. The molecule has 0 radical (unpaired) electrons. The van der Waals surface area contributed by atoms with Crippen LogP contribution in [0.5, 0.6) is 0 Å². The van der Waals surface area contributed by atoms with E-state index in [9.17, 15) is 0 Å². The number of benzene rings is 2. The summed E-state index contributed by atoms with van der Waals surface area (Å²) < 4.78 is 0. The molecule has 1 aromatic heterocycles. The van der Waals surface area contributed by atoms with Gasteiger partial charge in [-0.2, -0.15) is 0 Å². The van der Waals surface area contributed by atoms with E-state index in [1.54, 1.807) is 0 Å². The largest absolute Gasteiger partial charge is 0.252 e. The minimum absolute atomic E-state index is 0.993. The van der Waals surface area contributed by atoms with Crippen molar-refractivity contribution in [1.29, 1.82) is 0 Å². The van der Waals surface area contributed by atoms with Crippen LogP contribution in [0, 0.1) is 6.92 Å². The van der Waals surface area contributed by atoms with Crippen LogP contribution in [0.3, 0.4) is 0 Å². The van der Waals surface area contributed by atoms with E-state index < -0.39 is 0 Å². The van der Waals surface area contributed by atoms with Crippen molar-refractivity contribution in [2.75, 3.05) is 0 Å². The van der Waals surface area contributed by atoms with Crippen molar-refractivity contribution in [1.82, 2.24) is 4.98 Å². The van der Waals surface area contributed by atoms with Gasteiger partial charge in [-0.05, 0) is 30.4 Å². The van der Waals surface area contributed by atoms with Crippen LogP contribution in [0.2, 0.25) is 0 Å². The Morgan fingerprint density at radius 1 is 0.900 bits per heavy atom. The van der Waals surface area contributed by atoms with Gasteiger partial charge >= 0.3 is 0 Å². The summed E-state index contributed by atoms with van der Waals surface area (Å²) in [5, 5.41) is 2.44. The van der Waals surface area contributed by atoms with Gasteiger partial charge in [-0.1, -0.05) is 61.2 Å². The molecule has 3 aromatic rings. The maximum absolute atomic E-state index is 4.78. The van der Waals surface area contributed by atoms with E-state index in [2.05, 4.69) is 62.0 Å². The molecule has 0 bridgehead atoms. The molecule has 0 saturated heterocycles. The Kier molecular flexibility index (Phi) is 3.11. The summed E-state index contributed by atoms with van der Waals surface area (Å²) in [5.41, 5.74) is 5.41. The lowest BCUT2D eigenvalue weighted by Crippen LogP contribution is -1.96. The van der Waals surface area contributed by atoms with E-state index in [0.717, 1.165) is 17.0 Å². The first-order chi connectivity index (χ1) is 9.68. The van der Waals surface area contributed by atoms with Gasteiger partial charge in [0.1, 0.15) is 0 Å². The van der Waals surface area contributed by atoms with Gasteiger partial charge in [-0.15, -0.1) is 0 Å². The van der Waals surface area contributed by atoms with Crippen molar-refractivity contribution in [3.05, 3.63) is 72.6 Å². The van der Waals surface area contributed by atoms with Gasteiger partial charge in [0.2, 0.25) is 0 Å². The first-order valence-corrected chi connectivity index (χ1v) is 6.79. The van der Waals surface area contributed by atoms with Crippen molar-refractivity contribution in [3.63, 3.8) is 0 Å². The molecule has 2 aromatic carbocycles. The SMILES string of the molecule is C=C(C)c1nc(C)c2ccccc2c1-c1ccccc1. The topological polar surface area (TPSA) is 12.9 Å². The highest BCUT2D eigenvalue weighted by Crippen LogP contribution is 2.34. The maximum atomic E-state index is 4.78. The molecule has 0 saturated carbocycles. The minimum atomic E-state index is 0.993. The van der Waals surface area contributed by atoms with Crippen LogP contribution in [0.1, 0.15) is 18.3 Å². The molecule has 1 heterocycles. The molecule has 1 heteroatoms. The zero-order chi connectivity index (χ0) is 14.1. The summed E-state index contributed by atoms with van der Waals surface area (Å²) in [4.78, 5) is 4.78. The van der Waals surface area contributed by atoms with E-state index in [-0.39, 0.29) is 0 Å². The molecule has 0 aliphatic carbocycles. The summed E-state index contributed by atoms with van der Waals surface area (Å²) >= 11 is 0. The van der Waals surface area contributed by atoms with Crippen molar-refractivity contribution >= 4 is 16.3 Å². The van der Waals surface area contributed by atoms with Crippen molar-refractivity contribution in [3.8, 4) is 11.1 Å². The Morgan fingerprint density at radius 3 is 2.15 bits per heavy atom. The maximum Gasteiger partial charge on any atom is 0.0740 e. The number of pyridine rings is 1. The Hall–Kier alpha value is -2.41. The second-order valence-corrected chi connectivity index (χ2v) is 5.11. The van der Waals surface area contributed by atoms with Crippen LogP contribution in [0.4, 0.5) is 0 Å². The Balaban J connectivity index is 2.47. The molecule has 20 heavy (non-hydrogen) atoms. The number of hydrogen-bond acceptors (Lipinski definition) is 1. The third-order valence-electron chi connectivity index (χ3n) is 3.57. The van der Waals surface area contributed by atoms with Gasteiger partial charge in [0.25, 0.3) is 0 Å². The molecule has 1 nitrogen and oxygen atoms in total. The Bertz CT molecular complexity index is 785. The number of aryl methyl sites for hydroxylation is 1. The summed E-state index contributed by atoms with van der Waals surface area (Å²) in [6, 6.07) is 18.9. The van der Waals surface area contributed by atoms with Crippen LogP contribution in [-0.4, -0.2) is 4.98 Å². The highest BCUT2D eigenvalue weighted by molar-refractivity contribution is 6.01. The van der Waals surface area contributed by atoms with E-state index in [1.165, 1.54) is 21.9 Å². The number of nitrogens with zero attached hydrogens (tertiary/aromatic N) is 1. The lowest BCUT2D eigenvalue weighted by atomic mass is 9.94. The number of aromatic nitrogens is 1. The lowest BCUT2D eigenvalue weighted by molar-refractivity contribution is 1.20. The molecule has 98 valence electrons. The molecule has 3 rings (SSSR count). The van der Waals surface area contributed by atoms with Crippen LogP contribution >= 0.6 is 0 Å². The third kappa shape index (κ3) is 2.01. The second-order valence-electron chi connectivity index (χ2n) is 5.11. The smallest absolute Gasteiger partial charge is 0.0740 e. The number of rotatable bonds is 2. The average molecular weight is 259 g/mol. The summed E-state index contributed by atoms with van der Waals surface area (Å²) in [7, 11) is 0. The predicted octanol–water partition coefficient (Wildman–Crippen LogP) is 5.24. The van der Waals surface area contributed by atoms with Crippen LogP contribution in [-0.2, 0) is 0 Å². The zero-order valence-corrected chi connectivity index (χ0v) is 11.9. The van der Waals surface area contributed by atoms with E-state index >= 15 is 0 Å². The van der Waals surface area contributed by atoms with E-state index in [4.69, 9.17) is 4.98 Å². The van der Waals surface area contributed by atoms with E-state index in [0.29, 0.717) is 0 Å². The van der Waals surface area contributed by atoms with Crippen LogP contribution in [0.25, 0.3) is 27.5 Å². The van der Waals surface area contributed by atoms with Crippen molar-refractivity contribution in [2.24, 2.45) is 0 Å². The summed E-state index contributed by atoms with van der Waals surface area (Å²) in [6.45, 7) is 8.17. The molecule has 0 unspecified atom stereocenters. The average Bonchev–Trinajstić information content (AvgIpc) is 2.48. The molecule has 0 fully saturated rings. The Labute approximate surface area is 119 Å². The molecular formula is C19H17N. The lowest BCUT2D eigenvalue weighted by Gasteiger charge is -2.14. The molecule has 0 spiro atoms. The molecule has 0 aliphatic heterocycles. The van der Waals surface area contributed by atoms with Crippen LogP contribution < -0.4 is 0 Å². The summed E-state index contributed by atoms with van der Waals surface area (Å²) in [5.74, 6) is 0. The highest BCUT2D eigenvalue weighted by atomic mass is 14.7. The third-order valence-corrected chi connectivity index (χ3v) is 3.57. The minimum Gasteiger partial charge on any atom is -0.252 e. The predicted molar refractivity (Wildman–Crippen MR) is 86.6 cm³/mol. The van der Waals surface area contributed by atoms with E-state index in [1.807, 2.05) is 13.0 Å². The quantitative estimate of drug-likeness (QED) is 0.613. The first-order valence-electron chi connectivity index (χ1n) is 6.79. The number of fused-ring (bicyclic) bond motifs is 1. The summed E-state index contributed by atoms with van der Waals surface area (Å²) in [6.07, 6.45) is 0. The van der Waals surface area contributed by atoms with Gasteiger partial charge in [0.15, 0.2) is 0 Å². The van der Waals surface area contributed by atoms with Gasteiger partial charge in [-0.25, -0.2) is 0 Å². The molecule has 0 N–H and O–H groups in total. The van der Waals surface area contributed by atoms with Gasteiger partial charge in [0, 0.05) is 16.6 Å². The molecule has 0 amide bonds. The van der Waals surface area contributed by atoms with Crippen LogP contribution in [0.15, 0.2) is 61.2 Å². The first kappa shape index (κ1) is 12.6. The molecule has 0 aliphatic rings. The number of allylic oxidation sites excluding steroid dienone is 1. The van der Waals surface area contributed by atoms with Crippen molar-refractivity contribution < 1.29 is 0 Å².